The van der Waals surface area contributed by atoms with Crippen molar-refractivity contribution >= 4 is 11.9 Å². The van der Waals surface area contributed by atoms with Crippen molar-refractivity contribution in [2.24, 2.45) is 0 Å². The Hall–Kier alpha value is -2.11. The predicted octanol–water partition coefficient (Wildman–Crippen LogP) is 2.43. The summed E-state index contributed by atoms with van der Waals surface area (Å²) < 4.78 is 10.5. The number of rotatable bonds is 5. The lowest BCUT2D eigenvalue weighted by molar-refractivity contribution is -0.140. The van der Waals surface area contributed by atoms with E-state index in [4.69, 9.17) is 9.47 Å². The predicted molar refractivity (Wildman–Crippen MR) is 85.3 cm³/mol. The maximum atomic E-state index is 12.4. The highest BCUT2D eigenvalue weighted by Gasteiger charge is 2.29. The number of carbonyl (C=O) groups is 2. The Kier molecular flexibility index (Phi) is 5.96. The molecule has 1 fully saturated rings. The fourth-order valence-corrected chi connectivity index (χ4v) is 2.99. The third-order valence-electron chi connectivity index (χ3n) is 4.08. The van der Waals surface area contributed by atoms with E-state index in [1.807, 2.05) is 25.7 Å². The second-order valence-corrected chi connectivity index (χ2v) is 5.80. The number of esters is 1. The SMILES string of the molecule is CCOc1ncccc1C(=O)OCC(=O)N1[C@H](C)CCC[C@H]1C. The summed E-state index contributed by atoms with van der Waals surface area (Å²) in [7, 11) is 0. The highest BCUT2D eigenvalue weighted by Crippen LogP contribution is 2.23. The van der Waals surface area contributed by atoms with Crippen molar-refractivity contribution in [3.63, 3.8) is 0 Å². The van der Waals surface area contributed by atoms with Crippen LogP contribution < -0.4 is 4.74 Å². The van der Waals surface area contributed by atoms with Gasteiger partial charge in [0.2, 0.25) is 5.88 Å². The Balaban J connectivity index is 1.97. The lowest BCUT2D eigenvalue weighted by Crippen LogP contribution is -2.49. The van der Waals surface area contributed by atoms with Crippen molar-refractivity contribution in [2.75, 3.05) is 13.2 Å². The first kappa shape index (κ1) is 17.2. The summed E-state index contributed by atoms with van der Waals surface area (Å²) in [6.45, 7) is 6.02. The van der Waals surface area contributed by atoms with E-state index in [0.717, 1.165) is 19.3 Å². The van der Waals surface area contributed by atoms with E-state index in [2.05, 4.69) is 4.98 Å². The minimum atomic E-state index is -0.591. The minimum absolute atomic E-state index is 0.153. The van der Waals surface area contributed by atoms with Crippen molar-refractivity contribution in [3.8, 4) is 5.88 Å². The van der Waals surface area contributed by atoms with Crippen LogP contribution in [0.4, 0.5) is 0 Å². The van der Waals surface area contributed by atoms with Gasteiger partial charge in [-0.05, 0) is 52.2 Å². The summed E-state index contributed by atoms with van der Waals surface area (Å²) in [6, 6.07) is 3.58. The van der Waals surface area contributed by atoms with Crippen LogP contribution in [-0.4, -0.2) is 47.1 Å². The average Bonchev–Trinajstić information content (AvgIpc) is 2.53. The van der Waals surface area contributed by atoms with Gasteiger partial charge in [-0.15, -0.1) is 0 Å². The van der Waals surface area contributed by atoms with E-state index in [-0.39, 0.29) is 36.0 Å². The molecule has 0 N–H and O–H groups in total. The molecular weight excluding hydrogens is 296 g/mol. The fraction of sp³-hybridized carbons (Fsp3) is 0.588. The summed E-state index contributed by atoms with van der Waals surface area (Å²) in [4.78, 5) is 30.4. The number of nitrogens with zero attached hydrogens (tertiary/aromatic N) is 2. The molecule has 0 unspecified atom stereocenters. The molecule has 2 heterocycles. The van der Waals surface area contributed by atoms with Gasteiger partial charge in [0.1, 0.15) is 5.56 Å². The van der Waals surface area contributed by atoms with Crippen LogP contribution in [0.25, 0.3) is 0 Å². The van der Waals surface area contributed by atoms with Crippen molar-refractivity contribution in [2.45, 2.75) is 52.1 Å². The van der Waals surface area contributed by atoms with Gasteiger partial charge in [0, 0.05) is 18.3 Å². The lowest BCUT2D eigenvalue weighted by Gasteiger charge is -2.38. The van der Waals surface area contributed by atoms with Crippen LogP contribution in [0.1, 0.15) is 50.4 Å². The first-order valence-corrected chi connectivity index (χ1v) is 8.10. The minimum Gasteiger partial charge on any atom is -0.477 e. The van der Waals surface area contributed by atoms with Gasteiger partial charge in [0.15, 0.2) is 6.61 Å². The molecular formula is C17H24N2O4. The van der Waals surface area contributed by atoms with Gasteiger partial charge in [-0.25, -0.2) is 9.78 Å². The molecule has 6 heteroatoms. The van der Waals surface area contributed by atoms with Gasteiger partial charge in [-0.1, -0.05) is 0 Å². The summed E-state index contributed by atoms with van der Waals surface area (Å²) >= 11 is 0. The van der Waals surface area contributed by atoms with E-state index in [0.29, 0.717) is 6.61 Å². The maximum Gasteiger partial charge on any atom is 0.344 e. The Morgan fingerprint density at radius 3 is 2.65 bits per heavy atom. The van der Waals surface area contributed by atoms with Crippen LogP contribution in [-0.2, 0) is 9.53 Å². The molecule has 0 bridgehead atoms. The summed E-state index contributed by atoms with van der Waals surface area (Å²) in [6.07, 6.45) is 4.64. The lowest BCUT2D eigenvalue weighted by atomic mass is 9.97. The Bertz CT molecular complexity index is 551. The van der Waals surface area contributed by atoms with Gasteiger partial charge in [0.25, 0.3) is 5.91 Å². The third-order valence-corrected chi connectivity index (χ3v) is 4.08. The molecule has 1 aromatic rings. The van der Waals surface area contributed by atoms with E-state index in [1.54, 1.807) is 18.3 Å². The van der Waals surface area contributed by atoms with Crippen LogP contribution in [0.5, 0.6) is 5.88 Å². The van der Waals surface area contributed by atoms with Gasteiger partial charge in [-0.3, -0.25) is 4.79 Å². The van der Waals surface area contributed by atoms with E-state index in [9.17, 15) is 9.59 Å². The zero-order chi connectivity index (χ0) is 16.8. The molecule has 1 amide bonds. The van der Waals surface area contributed by atoms with Crippen LogP contribution in [0, 0.1) is 0 Å². The summed E-state index contributed by atoms with van der Waals surface area (Å²) in [5.41, 5.74) is 0.238. The Labute approximate surface area is 136 Å². The van der Waals surface area contributed by atoms with Crippen molar-refractivity contribution in [1.82, 2.24) is 9.88 Å². The molecule has 126 valence electrons. The maximum absolute atomic E-state index is 12.4. The molecule has 1 aliphatic heterocycles. The topological polar surface area (TPSA) is 68.7 Å². The Morgan fingerprint density at radius 2 is 2.00 bits per heavy atom. The van der Waals surface area contributed by atoms with Crippen molar-refractivity contribution in [1.29, 1.82) is 0 Å². The number of hydrogen-bond acceptors (Lipinski definition) is 5. The molecule has 23 heavy (non-hydrogen) atoms. The van der Waals surface area contributed by atoms with Crippen molar-refractivity contribution in [3.05, 3.63) is 23.9 Å². The summed E-state index contributed by atoms with van der Waals surface area (Å²) in [5, 5.41) is 0. The smallest absolute Gasteiger partial charge is 0.344 e. The van der Waals surface area contributed by atoms with Crippen LogP contribution in [0.3, 0.4) is 0 Å². The third kappa shape index (κ3) is 4.21. The molecule has 0 saturated carbocycles. The van der Waals surface area contributed by atoms with Crippen LogP contribution in [0.2, 0.25) is 0 Å². The molecule has 0 radical (unpaired) electrons. The van der Waals surface area contributed by atoms with Gasteiger partial charge in [0.05, 0.1) is 6.61 Å². The number of carbonyl (C=O) groups excluding carboxylic acids is 2. The number of amides is 1. The van der Waals surface area contributed by atoms with E-state index >= 15 is 0 Å². The highest BCUT2D eigenvalue weighted by atomic mass is 16.5. The van der Waals surface area contributed by atoms with Crippen LogP contribution in [0.15, 0.2) is 18.3 Å². The molecule has 1 aromatic heterocycles. The number of hydrogen-bond donors (Lipinski definition) is 0. The zero-order valence-electron chi connectivity index (χ0n) is 13.9. The second-order valence-electron chi connectivity index (χ2n) is 5.80. The second kappa shape index (κ2) is 7.94. The number of aromatic nitrogens is 1. The van der Waals surface area contributed by atoms with Gasteiger partial charge < -0.3 is 14.4 Å². The molecule has 2 atom stereocenters. The molecule has 1 saturated heterocycles. The molecule has 0 aromatic carbocycles. The van der Waals surface area contributed by atoms with Gasteiger partial charge in [-0.2, -0.15) is 0 Å². The molecule has 0 aliphatic carbocycles. The fourth-order valence-electron chi connectivity index (χ4n) is 2.99. The van der Waals surface area contributed by atoms with E-state index < -0.39 is 5.97 Å². The monoisotopic (exact) mass is 320 g/mol. The molecule has 0 spiro atoms. The first-order chi connectivity index (χ1) is 11.0. The standard InChI is InChI=1S/C17H24N2O4/c1-4-22-16-14(9-6-10-18-16)17(21)23-11-15(20)19-12(2)7-5-8-13(19)3/h6,9-10,12-13H,4-5,7-8,11H2,1-3H3/t12-,13-/m1/s1. The normalized spacial score (nSPS) is 20.9. The van der Waals surface area contributed by atoms with E-state index in [1.165, 1.54) is 0 Å². The van der Waals surface area contributed by atoms with Gasteiger partial charge >= 0.3 is 5.97 Å². The molecule has 2 rings (SSSR count). The molecule has 1 aliphatic rings. The quantitative estimate of drug-likeness (QED) is 0.779. The van der Waals surface area contributed by atoms with Crippen LogP contribution >= 0.6 is 0 Å². The summed E-state index contributed by atoms with van der Waals surface area (Å²) in [5.74, 6) is -0.515. The highest BCUT2D eigenvalue weighted by molar-refractivity contribution is 5.93. The zero-order valence-corrected chi connectivity index (χ0v) is 13.9. The number of pyridine rings is 1. The number of likely N-dealkylation sites (tertiary alicyclic amines) is 1. The van der Waals surface area contributed by atoms with Crippen molar-refractivity contribution < 1.29 is 19.1 Å². The number of ether oxygens (including phenoxy) is 2. The average molecular weight is 320 g/mol. The molecule has 6 nitrogen and oxygen atoms in total. The first-order valence-electron chi connectivity index (χ1n) is 8.10. The Morgan fingerprint density at radius 1 is 1.30 bits per heavy atom. The largest absolute Gasteiger partial charge is 0.477 e. The number of piperidine rings is 1.